The van der Waals surface area contributed by atoms with E-state index in [1.54, 1.807) is 0 Å². The first kappa shape index (κ1) is 56.2. The van der Waals surface area contributed by atoms with Crippen LogP contribution < -0.4 is 0 Å². The van der Waals surface area contributed by atoms with Crippen molar-refractivity contribution in [1.29, 1.82) is 0 Å². The average Bonchev–Trinajstić information content (AvgIpc) is 3.17. The molecule has 0 fully saturated rings. The molecule has 0 saturated carbocycles. The molecule has 0 aromatic heterocycles. The number of allylic oxidation sites excluding steroid dienone is 6. The fourth-order valence-corrected chi connectivity index (χ4v) is 7.13. The Morgan fingerprint density at radius 2 is 0.931 bits per heavy atom. The van der Waals surface area contributed by atoms with Gasteiger partial charge in [0.2, 0.25) is 0 Å². The Kier molecular flexibility index (Phi) is 39.4. The summed E-state index contributed by atoms with van der Waals surface area (Å²) in [6.45, 7) is 4.39. The molecular formula is C48H91NO8P+. The molecule has 10 heteroatoms. The Balaban J connectivity index is 4.32. The number of carbonyl (C=O) groups excluding carboxylic acids is 2. The Hall–Kier alpha value is -1.77. The number of hydrogen-bond acceptors (Lipinski definition) is 7. The van der Waals surface area contributed by atoms with Crippen LogP contribution in [0.5, 0.6) is 0 Å². The summed E-state index contributed by atoms with van der Waals surface area (Å²) in [5.74, 6) is -0.816. The van der Waals surface area contributed by atoms with Crippen LogP contribution in [0.15, 0.2) is 36.5 Å². The highest BCUT2D eigenvalue weighted by molar-refractivity contribution is 7.47. The van der Waals surface area contributed by atoms with Crippen molar-refractivity contribution in [3.63, 3.8) is 0 Å². The molecule has 0 rings (SSSR count). The highest BCUT2D eigenvalue weighted by Crippen LogP contribution is 2.43. The fraction of sp³-hybridized carbons (Fsp3) is 0.833. The van der Waals surface area contributed by atoms with Gasteiger partial charge >= 0.3 is 19.8 Å². The molecule has 0 aromatic carbocycles. The molecule has 0 amide bonds. The molecule has 0 spiro atoms. The van der Waals surface area contributed by atoms with E-state index in [2.05, 4.69) is 50.3 Å². The molecule has 0 aliphatic rings. The number of likely N-dealkylation sites (N-methyl/N-ethyl adjacent to an activating group) is 1. The average molecular weight is 841 g/mol. The zero-order valence-corrected chi connectivity index (χ0v) is 39.2. The van der Waals surface area contributed by atoms with Gasteiger partial charge in [0.15, 0.2) is 6.10 Å². The quantitative estimate of drug-likeness (QED) is 0.0213. The molecular weight excluding hydrogens is 750 g/mol. The fourth-order valence-electron chi connectivity index (χ4n) is 6.39. The van der Waals surface area contributed by atoms with Crippen molar-refractivity contribution in [3.05, 3.63) is 36.5 Å². The van der Waals surface area contributed by atoms with E-state index in [9.17, 15) is 19.0 Å². The van der Waals surface area contributed by atoms with Crippen molar-refractivity contribution in [2.24, 2.45) is 0 Å². The van der Waals surface area contributed by atoms with Crippen LogP contribution in [0.3, 0.4) is 0 Å². The number of phosphoric acid groups is 1. The number of quaternary nitrogens is 1. The third kappa shape index (κ3) is 43.8. The van der Waals surface area contributed by atoms with E-state index in [0.717, 1.165) is 57.8 Å². The van der Waals surface area contributed by atoms with Crippen LogP contribution in [0.4, 0.5) is 0 Å². The maximum Gasteiger partial charge on any atom is 0.472 e. The molecule has 9 nitrogen and oxygen atoms in total. The van der Waals surface area contributed by atoms with Gasteiger partial charge in [0.25, 0.3) is 0 Å². The van der Waals surface area contributed by atoms with Crippen LogP contribution in [0.25, 0.3) is 0 Å². The Labute approximate surface area is 357 Å². The van der Waals surface area contributed by atoms with E-state index >= 15 is 0 Å². The second-order valence-corrected chi connectivity index (χ2v) is 18.6. The minimum atomic E-state index is -4.38. The molecule has 1 unspecified atom stereocenters. The lowest BCUT2D eigenvalue weighted by atomic mass is 10.1. The summed E-state index contributed by atoms with van der Waals surface area (Å²) >= 11 is 0. The van der Waals surface area contributed by atoms with E-state index in [1.165, 1.54) is 116 Å². The number of esters is 2. The molecule has 0 saturated heterocycles. The smallest absolute Gasteiger partial charge is 0.462 e. The normalized spacial score (nSPS) is 13.8. The highest BCUT2D eigenvalue weighted by Gasteiger charge is 2.27. The molecule has 0 aliphatic heterocycles. The minimum absolute atomic E-state index is 0.0281. The van der Waals surface area contributed by atoms with Gasteiger partial charge in [-0.15, -0.1) is 0 Å². The van der Waals surface area contributed by atoms with Gasteiger partial charge in [-0.25, -0.2) is 4.57 Å². The van der Waals surface area contributed by atoms with Crippen molar-refractivity contribution >= 4 is 19.8 Å². The Morgan fingerprint density at radius 3 is 1.41 bits per heavy atom. The van der Waals surface area contributed by atoms with Gasteiger partial charge in [-0.05, 0) is 70.6 Å². The van der Waals surface area contributed by atoms with Gasteiger partial charge in [0.05, 0.1) is 27.7 Å². The number of phosphoric ester groups is 1. The molecule has 340 valence electrons. The van der Waals surface area contributed by atoms with E-state index in [0.29, 0.717) is 17.4 Å². The van der Waals surface area contributed by atoms with Crippen molar-refractivity contribution < 1.29 is 42.1 Å². The monoisotopic (exact) mass is 841 g/mol. The first-order valence-electron chi connectivity index (χ1n) is 23.7. The molecule has 0 aromatic rings. The molecule has 0 bridgehead atoms. The van der Waals surface area contributed by atoms with E-state index in [4.69, 9.17) is 18.5 Å². The summed E-state index contributed by atoms with van der Waals surface area (Å²) in [4.78, 5) is 35.4. The predicted molar refractivity (Wildman–Crippen MR) is 243 cm³/mol. The number of unbranched alkanes of at least 4 members (excludes halogenated alkanes) is 23. The van der Waals surface area contributed by atoms with Crippen LogP contribution in [-0.4, -0.2) is 74.9 Å². The standard InChI is InChI=1S/C48H90NO8P/c1-6-8-10-12-14-16-18-20-22-23-24-25-27-28-30-32-34-36-38-40-47(50)54-44-46(45-56-58(52,53)55-43-42-49(3,4)5)57-48(51)41-39-37-35-33-31-29-26-21-19-17-15-13-11-9-7-2/h15,17,21,23-24,26,46H,6-14,16,18-20,22,25,27-45H2,1-5H3/p+1/b17-15-,24-23-,26-21-/t46-/m1/s1. The van der Waals surface area contributed by atoms with Gasteiger partial charge in [-0.3, -0.25) is 18.6 Å². The van der Waals surface area contributed by atoms with Crippen LogP contribution in [-0.2, 0) is 32.7 Å². The van der Waals surface area contributed by atoms with Crippen molar-refractivity contribution in [2.45, 2.75) is 213 Å². The summed E-state index contributed by atoms with van der Waals surface area (Å²) < 4.78 is 34.3. The van der Waals surface area contributed by atoms with E-state index in [-0.39, 0.29) is 32.0 Å². The van der Waals surface area contributed by atoms with Crippen LogP contribution in [0.2, 0.25) is 0 Å². The number of carbonyl (C=O) groups is 2. The largest absolute Gasteiger partial charge is 0.472 e. The van der Waals surface area contributed by atoms with Crippen LogP contribution in [0.1, 0.15) is 206 Å². The minimum Gasteiger partial charge on any atom is -0.462 e. The van der Waals surface area contributed by atoms with Gasteiger partial charge in [0.1, 0.15) is 19.8 Å². The second-order valence-electron chi connectivity index (χ2n) is 17.1. The zero-order chi connectivity index (χ0) is 42.8. The summed E-state index contributed by atoms with van der Waals surface area (Å²) in [5, 5.41) is 0. The Morgan fingerprint density at radius 1 is 0.534 bits per heavy atom. The number of ether oxygens (including phenoxy) is 2. The van der Waals surface area contributed by atoms with Gasteiger partial charge in [0, 0.05) is 12.8 Å². The molecule has 0 aliphatic carbocycles. The van der Waals surface area contributed by atoms with Crippen LogP contribution >= 0.6 is 7.82 Å². The highest BCUT2D eigenvalue weighted by atomic mass is 31.2. The maximum absolute atomic E-state index is 12.7. The predicted octanol–water partition coefficient (Wildman–Crippen LogP) is 13.7. The van der Waals surface area contributed by atoms with Crippen LogP contribution in [0, 0.1) is 0 Å². The third-order valence-electron chi connectivity index (χ3n) is 10.1. The zero-order valence-electron chi connectivity index (χ0n) is 38.3. The first-order chi connectivity index (χ1) is 28.0. The van der Waals surface area contributed by atoms with Crippen molar-refractivity contribution in [2.75, 3.05) is 47.5 Å². The lowest BCUT2D eigenvalue weighted by molar-refractivity contribution is -0.870. The van der Waals surface area contributed by atoms with Crippen molar-refractivity contribution in [3.8, 4) is 0 Å². The number of rotatable bonds is 43. The molecule has 0 radical (unpaired) electrons. The third-order valence-corrected chi connectivity index (χ3v) is 11.1. The summed E-state index contributed by atoms with van der Waals surface area (Å²) in [5.41, 5.74) is 0. The second kappa shape index (κ2) is 40.6. The number of hydrogen-bond donors (Lipinski definition) is 1. The SMILES string of the molecule is CCCCC/C=C\C/C=C\CCCCCCCC(=O)O[C@H](COC(=O)CCCCCCCCC/C=C\CCCCCCCCCC)COP(=O)(O)OCC[N+](C)(C)C. The lowest BCUT2D eigenvalue weighted by Gasteiger charge is -2.24. The van der Waals surface area contributed by atoms with Crippen molar-refractivity contribution in [1.82, 2.24) is 0 Å². The van der Waals surface area contributed by atoms with Gasteiger partial charge in [-0.1, -0.05) is 159 Å². The molecule has 2 atom stereocenters. The van der Waals surface area contributed by atoms with Gasteiger partial charge < -0.3 is 18.9 Å². The maximum atomic E-state index is 12.7. The summed E-state index contributed by atoms with van der Waals surface area (Å²) in [6.07, 6.45) is 46.2. The molecule has 1 N–H and O–H groups in total. The first-order valence-corrected chi connectivity index (χ1v) is 25.2. The summed E-state index contributed by atoms with van der Waals surface area (Å²) in [6, 6.07) is 0. The topological polar surface area (TPSA) is 108 Å². The molecule has 58 heavy (non-hydrogen) atoms. The number of nitrogens with zero attached hydrogens (tertiary/aromatic N) is 1. The lowest BCUT2D eigenvalue weighted by Crippen LogP contribution is -2.37. The molecule has 0 heterocycles. The van der Waals surface area contributed by atoms with E-state index < -0.39 is 26.5 Å². The van der Waals surface area contributed by atoms with E-state index in [1.807, 2.05) is 21.1 Å². The van der Waals surface area contributed by atoms with Gasteiger partial charge in [-0.2, -0.15) is 0 Å². The Bertz CT molecular complexity index is 1090. The summed E-state index contributed by atoms with van der Waals surface area (Å²) in [7, 11) is 1.47.